The lowest BCUT2D eigenvalue weighted by molar-refractivity contribution is -0.151. The summed E-state index contributed by atoms with van der Waals surface area (Å²) in [5.41, 5.74) is 0. The van der Waals surface area contributed by atoms with Gasteiger partial charge in [0.15, 0.2) is 0 Å². The number of unbranched alkanes of at least 4 members (excludes halogenated alkanes) is 6. The number of aliphatic carboxylic acids is 1. The topological polar surface area (TPSA) is 63.6 Å². The second-order valence-electron chi connectivity index (χ2n) is 11.3. The highest BCUT2D eigenvalue weighted by Gasteiger charge is 2.28. The van der Waals surface area contributed by atoms with Crippen LogP contribution in [0.3, 0.4) is 0 Å². The maximum Gasteiger partial charge on any atom is 0.308 e. The quantitative estimate of drug-likeness (QED) is 0.107. The first kappa shape index (κ1) is 33.9. The average molecular weight is 497 g/mol. The van der Waals surface area contributed by atoms with Gasteiger partial charge in [0.2, 0.25) is 0 Å². The van der Waals surface area contributed by atoms with Crippen molar-refractivity contribution in [1.29, 1.82) is 0 Å². The van der Waals surface area contributed by atoms with E-state index in [9.17, 15) is 9.59 Å². The van der Waals surface area contributed by atoms with E-state index in [1.165, 1.54) is 38.5 Å². The minimum absolute atomic E-state index is 0.0171. The predicted molar refractivity (Wildman–Crippen MR) is 149 cm³/mol. The van der Waals surface area contributed by atoms with Gasteiger partial charge in [-0.15, -0.1) is 0 Å². The summed E-state index contributed by atoms with van der Waals surface area (Å²) < 4.78 is 5.99. The number of carbonyl (C=O) groups is 2. The van der Waals surface area contributed by atoms with Crippen LogP contribution in [-0.4, -0.2) is 23.7 Å². The summed E-state index contributed by atoms with van der Waals surface area (Å²) in [7, 11) is 0. The highest BCUT2D eigenvalue weighted by Crippen LogP contribution is 2.32. The highest BCUT2D eigenvalue weighted by molar-refractivity contribution is 5.72. The molecule has 0 radical (unpaired) electrons. The molecule has 4 atom stereocenters. The number of esters is 1. The van der Waals surface area contributed by atoms with Crippen LogP contribution in [0.2, 0.25) is 0 Å². The van der Waals surface area contributed by atoms with E-state index in [1.807, 2.05) is 0 Å². The van der Waals surface area contributed by atoms with Crippen LogP contribution in [0.1, 0.15) is 151 Å². The lowest BCUT2D eigenvalue weighted by atomic mass is 9.78. The monoisotopic (exact) mass is 496 g/mol. The van der Waals surface area contributed by atoms with Crippen LogP contribution >= 0.6 is 0 Å². The molecule has 35 heavy (non-hydrogen) atoms. The van der Waals surface area contributed by atoms with Gasteiger partial charge >= 0.3 is 11.9 Å². The molecule has 0 aliphatic heterocycles. The Labute approximate surface area is 218 Å². The predicted octanol–water partition coefficient (Wildman–Crippen LogP) is 9.45. The van der Waals surface area contributed by atoms with Gasteiger partial charge in [0.05, 0.1) is 12.5 Å². The van der Waals surface area contributed by atoms with E-state index < -0.39 is 5.97 Å². The minimum atomic E-state index is -0.692. The van der Waals surface area contributed by atoms with Crippen LogP contribution in [0, 0.1) is 29.6 Å². The third-order valence-electron chi connectivity index (χ3n) is 7.99. The van der Waals surface area contributed by atoms with Crippen LogP contribution < -0.4 is 0 Å². The number of hydrogen-bond acceptors (Lipinski definition) is 3. The molecule has 0 amide bonds. The van der Waals surface area contributed by atoms with Crippen molar-refractivity contribution >= 4 is 11.9 Å². The summed E-state index contributed by atoms with van der Waals surface area (Å²) >= 11 is 0. The number of carbonyl (C=O) groups excluding carboxylic acids is 1. The molecule has 0 aliphatic rings. The van der Waals surface area contributed by atoms with E-state index in [2.05, 4.69) is 41.5 Å². The first-order valence-electron chi connectivity index (χ1n) is 15.2. The standard InChI is InChI=1S/C31H60O4/c1-7-11-18-26(9-3)22-29(31(34)35-24-27(10-4)19-12-8-2)23-28(25(5)6)20-16-14-13-15-17-21-30(32)33/h25-29H,7-24H2,1-6H3,(H,32,33). The zero-order valence-electron chi connectivity index (χ0n) is 24.3. The summed E-state index contributed by atoms with van der Waals surface area (Å²) in [6, 6.07) is 0. The second kappa shape index (κ2) is 22.2. The van der Waals surface area contributed by atoms with E-state index in [1.54, 1.807) is 0 Å². The van der Waals surface area contributed by atoms with Gasteiger partial charge < -0.3 is 9.84 Å². The van der Waals surface area contributed by atoms with Crippen LogP contribution in [0.4, 0.5) is 0 Å². The number of carboxylic acids is 1. The van der Waals surface area contributed by atoms with Crippen LogP contribution in [0.25, 0.3) is 0 Å². The van der Waals surface area contributed by atoms with Gasteiger partial charge in [-0.2, -0.15) is 0 Å². The number of carboxylic acid groups (broad SMARTS) is 1. The van der Waals surface area contributed by atoms with Crippen molar-refractivity contribution in [3.05, 3.63) is 0 Å². The zero-order chi connectivity index (χ0) is 26.5. The summed E-state index contributed by atoms with van der Waals surface area (Å²) in [5.74, 6) is 1.57. The van der Waals surface area contributed by atoms with Gasteiger partial charge in [-0.05, 0) is 49.4 Å². The summed E-state index contributed by atoms with van der Waals surface area (Å²) in [5, 5.41) is 8.79. The molecule has 0 aromatic carbocycles. The van der Waals surface area contributed by atoms with Gasteiger partial charge in [0.1, 0.15) is 0 Å². The smallest absolute Gasteiger partial charge is 0.308 e. The van der Waals surface area contributed by atoms with Crippen molar-refractivity contribution in [2.45, 2.75) is 151 Å². The van der Waals surface area contributed by atoms with Crippen molar-refractivity contribution in [3.8, 4) is 0 Å². The number of hydrogen-bond donors (Lipinski definition) is 1. The Morgan fingerprint density at radius 1 is 0.714 bits per heavy atom. The van der Waals surface area contributed by atoms with Gasteiger partial charge in [-0.3, -0.25) is 9.59 Å². The third kappa shape index (κ3) is 17.9. The summed E-state index contributed by atoms with van der Waals surface area (Å²) in [4.78, 5) is 24.0. The molecule has 0 saturated carbocycles. The molecule has 0 spiro atoms. The fourth-order valence-electron chi connectivity index (χ4n) is 5.19. The first-order valence-corrected chi connectivity index (χ1v) is 15.2. The maximum absolute atomic E-state index is 13.4. The molecule has 0 rings (SSSR count). The van der Waals surface area contributed by atoms with E-state index in [0.717, 1.165) is 64.2 Å². The Morgan fingerprint density at radius 2 is 1.29 bits per heavy atom. The maximum atomic E-state index is 13.4. The normalized spacial score (nSPS) is 15.1. The Bertz CT molecular complexity index is 516. The summed E-state index contributed by atoms with van der Waals surface area (Å²) in [6.45, 7) is 14.1. The summed E-state index contributed by atoms with van der Waals surface area (Å²) in [6.07, 6.45) is 18.0. The zero-order valence-corrected chi connectivity index (χ0v) is 24.3. The van der Waals surface area contributed by atoms with E-state index in [-0.39, 0.29) is 18.3 Å². The molecule has 0 heterocycles. The molecule has 4 unspecified atom stereocenters. The van der Waals surface area contributed by atoms with Gasteiger partial charge in [-0.25, -0.2) is 0 Å². The molecule has 208 valence electrons. The molecular formula is C31H60O4. The van der Waals surface area contributed by atoms with E-state index in [0.29, 0.717) is 30.3 Å². The first-order chi connectivity index (χ1) is 16.8. The number of ether oxygens (including phenoxy) is 1. The molecule has 0 aliphatic carbocycles. The van der Waals surface area contributed by atoms with Crippen LogP contribution in [0.5, 0.6) is 0 Å². The van der Waals surface area contributed by atoms with Gasteiger partial charge in [0.25, 0.3) is 0 Å². The van der Waals surface area contributed by atoms with Crippen LogP contribution in [-0.2, 0) is 14.3 Å². The van der Waals surface area contributed by atoms with Gasteiger partial charge in [0, 0.05) is 6.42 Å². The van der Waals surface area contributed by atoms with E-state index >= 15 is 0 Å². The fourth-order valence-corrected chi connectivity index (χ4v) is 5.19. The lowest BCUT2D eigenvalue weighted by Gasteiger charge is -2.28. The Balaban J connectivity index is 5.00. The van der Waals surface area contributed by atoms with Crippen molar-refractivity contribution in [3.63, 3.8) is 0 Å². The Kier molecular flexibility index (Phi) is 21.5. The lowest BCUT2D eigenvalue weighted by Crippen LogP contribution is -2.27. The van der Waals surface area contributed by atoms with Crippen molar-refractivity contribution in [1.82, 2.24) is 0 Å². The van der Waals surface area contributed by atoms with Crippen molar-refractivity contribution < 1.29 is 19.4 Å². The molecule has 4 heteroatoms. The molecule has 4 nitrogen and oxygen atoms in total. The molecule has 0 aromatic rings. The Morgan fingerprint density at radius 3 is 1.83 bits per heavy atom. The second-order valence-corrected chi connectivity index (χ2v) is 11.3. The third-order valence-corrected chi connectivity index (χ3v) is 7.99. The molecule has 0 saturated heterocycles. The molecule has 0 aromatic heterocycles. The molecule has 0 bridgehead atoms. The minimum Gasteiger partial charge on any atom is -0.481 e. The van der Waals surface area contributed by atoms with Gasteiger partial charge in [-0.1, -0.05) is 119 Å². The molecule has 1 N–H and O–H groups in total. The van der Waals surface area contributed by atoms with E-state index in [4.69, 9.17) is 9.84 Å². The number of rotatable bonds is 24. The van der Waals surface area contributed by atoms with Crippen LogP contribution in [0.15, 0.2) is 0 Å². The molecular weight excluding hydrogens is 436 g/mol. The average Bonchev–Trinajstić information content (AvgIpc) is 2.83. The Hall–Kier alpha value is -1.06. The fraction of sp³-hybridized carbons (Fsp3) is 0.935. The SMILES string of the molecule is CCCCC(CC)COC(=O)C(CC(CC)CCCC)CC(CCCCCCCC(=O)O)C(C)C. The largest absolute Gasteiger partial charge is 0.481 e. The highest BCUT2D eigenvalue weighted by atomic mass is 16.5. The van der Waals surface area contributed by atoms with Crippen molar-refractivity contribution in [2.24, 2.45) is 29.6 Å². The molecule has 0 fully saturated rings. The van der Waals surface area contributed by atoms with Crippen molar-refractivity contribution in [2.75, 3.05) is 6.61 Å².